The highest BCUT2D eigenvalue weighted by atomic mass is 16.3. The second-order valence-electron chi connectivity index (χ2n) is 3.96. The maximum Gasteiger partial charge on any atom is 0.0937 e. The van der Waals surface area contributed by atoms with Crippen molar-refractivity contribution < 1.29 is 9.52 Å². The molecule has 1 saturated carbocycles. The highest BCUT2D eigenvalue weighted by molar-refractivity contribution is 5.12. The van der Waals surface area contributed by atoms with Crippen molar-refractivity contribution in [1.29, 1.82) is 0 Å². The lowest BCUT2D eigenvalue weighted by molar-refractivity contribution is 0.182. The van der Waals surface area contributed by atoms with Gasteiger partial charge < -0.3 is 9.52 Å². The zero-order valence-electron chi connectivity index (χ0n) is 7.78. The summed E-state index contributed by atoms with van der Waals surface area (Å²) >= 11 is 0. The van der Waals surface area contributed by atoms with E-state index in [1.165, 1.54) is 18.4 Å². The van der Waals surface area contributed by atoms with Crippen LogP contribution >= 0.6 is 0 Å². The monoisotopic (exact) mass is 180 g/mol. The minimum atomic E-state index is 0.359. The van der Waals surface area contributed by atoms with Gasteiger partial charge in [-0.25, -0.2) is 0 Å². The van der Waals surface area contributed by atoms with Gasteiger partial charge >= 0.3 is 0 Å². The van der Waals surface area contributed by atoms with Gasteiger partial charge in [-0.05, 0) is 49.1 Å². The van der Waals surface area contributed by atoms with Gasteiger partial charge in [-0.3, -0.25) is 0 Å². The molecule has 0 radical (unpaired) electrons. The normalized spacial score (nSPS) is 29.0. The van der Waals surface area contributed by atoms with E-state index in [0.717, 1.165) is 12.8 Å². The first-order chi connectivity index (χ1) is 6.40. The number of aliphatic hydroxyl groups is 1. The number of rotatable bonds is 2. The highest BCUT2D eigenvalue weighted by Gasteiger charge is 2.22. The fourth-order valence-electron chi connectivity index (χ4n) is 2.19. The van der Waals surface area contributed by atoms with Crippen LogP contribution in [-0.4, -0.2) is 11.7 Å². The molecule has 2 nitrogen and oxygen atoms in total. The van der Waals surface area contributed by atoms with Gasteiger partial charge in [0.1, 0.15) is 0 Å². The van der Waals surface area contributed by atoms with E-state index in [1.54, 1.807) is 6.26 Å². The Balaban J connectivity index is 1.92. The molecular weight excluding hydrogens is 164 g/mol. The lowest BCUT2D eigenvalue weighted by atomic mass is 9.80. The standard InChI is InChI=1S/C11H16O2/c12-7-9-1-3-10(4-2-9)11-5-6-13-8-11/h5-6,8-10,12H,1-4,7H2. The summed E-state index contributed by atoms with van der Waals surface area (Å²) in [5.41, 5.74) is 1.33. The van der Waals surface area contributed by atoms with Crippen molar-refractivity contribution in [2.75, 3.05) is 6.61 Å². The van der Waals surface area contributed by atoms with Crippen molar-refractivity contribution >= 4 is 0 Å². The van der Waals surface area contributed by atoms with E-state index in [9.17, 15) is 0 Å². The molecule has 72 valence electrons. The number of hydrogen-bond acceptors (Lipinski definition) is 2. The minimum Gasteiger partial charge on any atom is -0.472 e. The van der Waals surface area contributed by atoms with Crippen LogP contribution in [0.5, 0.6) is 0 Å². The average Bonchev–Trinajstić information content (AvgIpc) is 2.71. The Morgan fingerprint density at radius 2 is 2.08 bits per heavy atom. The first-order valence-corrected chi connectivity index (χ1v) is 5.03. The Labute approximate surface area is 78.6 Å². The smallest absolute Gasteiger partial charge is 0.0937 e. The van der Waals surface area contributed by atoms with Crippen molar-refractivity contribution in [3.05, 3.63) is 24.2 Å². The van der Waals surface area contributed by atoms with E-state index in [4.69, 9.17) is 9.52 Å². The lowest BCUT2D eigenvalue weighted by Crippen LogP contribution is -2.15. The minimum absolute atomic E-state index is 0.359. The van der Waals surface area contributed by atoms with Crippen LogP contribution in [0.15, 0.2) is 23.0 Å². The molecule has 0 bridgehead atoms. The van der Waals surface area contributed by atoms with E-state index >= 15 is 0 Å². The third kappa shape index (κ3) is 1.94. The Morgan fingerprint density at radius 3 is 2.62 bits per heavy atom. The van der Waals surface area contributed by atoms with Gasteiger partial charge in [-0.15, -0.1) is 0 Å². The third-order valence-corrected chi connectivity index (χ3v) is 3.12. The van der Waals surface area contributed by atoms with Crippen LogP contribution in [0.2, 0.25) is 0 Å². The molecule has 1 aromatic rings. The molecule has 13 heavy (non-hydrogen) atoms. The summed E-state index contributed by atoms with van der Waals surface area (Å²) in [5, 5.41) is 8.99. The lowest BCUT2D eigenvalue weighted by Gasteiger charge is -2.26. The predicted octanol–water partition coefficient (Wildman–Crippen LogP) is 2.55. The van der Waals surface area contributed by atoms with Gasteiger partial charge in [0.25, 0.3) is 0 Å². The molecule has 0 amide bonds. The van der Waals surface area contributed by atoms with Crippen LogP contribution in [0.3, 0.4) is 0 Å². The fraction of sp³-hybridized carbons (Fsp3) is 0.636. The second-order valence-corrected chi connectivity index (χ2v) is 3.96. The van der Waals surface area contributed by atoms with Crippen LogP contribution in [0.4, 0.5) is 0 Å². The fourth-order valence-corrected chi connectivity index (χ4v) is 2.19. The summed E-state index contributed by atoms with van der Waals surface area (Å²) in [5.74, 6) is 1.21. The summed E-state index contributed by atoms with van der Waals surface area (Å²) in [6, 6.07) is 2.06. The van der Waals surface area contributed by atoms with E-state index in [2.05, 4.69) is 6.07 Å². The van der Waals surface area contributed by atoms with Crippen LogP contribution in [-0.2, 0) is 0 Å². The Morgan fingerprint density at radius 1 is 1.31 bits per heavy atom. The van der Waals surface area contributed by atoms with Gasteiger partial charge in [-0.1, -0.05) is 0 Å². The largest absolute Gasteiger partial charge is 0.472 e. The third-order valence-electron chi connectivity index (χ3n) is 3.12. The summed E-state index contributed by atoms with van der Waals surface area (Å²) in [6.45, 7) is 0.359. The second kappa shape index (κ2) is 3.97. The number of furan rings is 1. The van der Waals surface area contributed by atoms with Gasteiger partial charge in [0.2, 0.25) is 0 Å². The molecule has 1 aromatic heterocycles. The Hall–Kier alpha value is -0.760. The van der Waals surface area contributed by atoms with E-state index in [0.29, 0.717) is 18.4 Å². The van der Waals surface area contributed by atoms with Crippen LogP contribution in [0.1, 0.15) is 37.2 Å². The van der Waals surface area contributed by atoms with Gasteiger partial charge in [-0.2, -0.15) is 0 Å². The van der Waals surface area contributed by atoms with Gasteiger partial charge in [0.05, 0.1) is 12.5 Å². The van der Waals surface area contributed by atoms with E-state index in [-0.39, 0.29) is 0 Å². The molecule has 0 spiro atoms. The molecule has 0 saturated heterocycles. The highest BCUT2D eigenvalue weighted by Crippen LogP contribution is 2.35. The molecule has 1 aliphatic rings. The molecule has 0 aliphatic heterocycles. The van der Waals surface area contributed by atoms with Crippen molar-refractivity contribution in [3.63, 3.8) is 0 Å². The summed E-state index contributed by atoms with van der Waals surface area (Å²) < 4.78 is 5.07. The maximum atomic E-state index is 8.99. The SMILES string of the molecule is OCC1CCC(c2ccoc2)CC1. The van der Waals surface area contributed by atoms with Gasteiger partial charge in [0, 0.05) is 6.61 Å². The van der Waals surface area contributed by atoms with Crippen molar-refractivity contribution in [2.24, 2.45) is 5.92 Å². The van der Waals surface area contributed by atoms with Crippen molar-refractivity contribution in [1.82, 2.24) is 0 Å². The maximum absolute atomic E-state index is 8.99. The first kappa shape index (κ1) is 8.82. The van der Waals surface area contributed by atoms with Crippen molar-refractivity contribution in [3.8, 4) is 0 Å². The van der Waals surface area contributed by atoms with E-state index in [1.807, 2.05) is 6.26 Å². The quantitative estimate of drug-likeness (QED) is 0.758. The van der Waals surface area contributed by atoms with Crippen LogP contribution in [0, 0.1) is 5.92 Å². The first-order valence-electron chi connectivity index (χ1n) is 5.03. The topological polar surface area (TPSA) is 33.4 Å². The predicted molar refractivity (Wildman–Crippen MR) is 50.5 cm³/mol. The van der Waals surface area contributed by atoms with Crippen LogP contribution < -0.4 is 0 Å². The zero-order chi connectivity index (χ0) is 9.10. The molecule has 1 N–H and O–H groups in total. The zero-order valence-corrected chi connectivity index (χ0v) is 7.78. The Bertz CT molecular complexity index is 233. The molecule has 2 heteroatoms. The molecule has 0 unspecified atom stereocenters. The molecular formula is C11H16O2. The molecule has 1 aliphatic carbocycles. The molecule has 0 aromatic carbocycles. The molecule has 0 atom stereocenters. The summed E-state index contributed by atoms with van der Waals surface area (Å²) in [6.07, 6.45) is 8.31. The average molecular weight is 180 g/mol. The molecule has 2 rings (SSSR count). The van der Waals surface area contributed by atoms with Gasteiger partial charge in [0.15, 0.2) is 0 Å². The van der Waals surface area contributed by atoms with Crippen LogP contribution in [0.25, 0.3) is 0 Å². The Kier molecular flexibility index (Phi) is 2.69. The van der Waals surface area contributed by atoms with E-state index < -0.39 is 0 Å². The number of aliphatic hydroxyl groups excluding tert-OH is 1. The molecule has 1 heterocycles. The summed E-state index contributed by atoms with van der Waals surface area (Å²) in [7, 11) is 0. The molecule has 1 fully saturated rings. The van der Waals surface area contributed by atoms with Crippen molar-refractivity contribution in [2.45, 2.75) is 31.6 Å². The number of hydrogen-bond donors (Lipinski definition) is 1. The summed E-state index contributed by atoms with van der Waals surface area (Å²) in [4.78, 5) is 0.